The van der Waals surface area contributed by atoms with E-state index in [4.69, 9.17) is 16.3 Å². The fourth-order valence-corrected chi connectivity index (χ4v) is 5.20. The molecule has 8 nitrogen and oxygen atoms in total. The zero-order valence-electron chi connectivity index (χ0n) is 17.4. The Morgan fingerprint density at radius 3 is 2.81 bits per heavy atom. The van der Waals surface area contributed by atoms with E-state index < -0.39 is 5.41 Å². The van der Waals surface area contributed by atoms with Gasteiger partial charge in [0.1, 0.15) is 11.2 Å². The van der Waals surface area contributed by atoms with Crippen molar-refractivity contribution in [2.75, 3.05) is 27.2 Å². The van der Waals surface area contributed by atoms with Crippen molar-refractivity contribution in [3.05, 3.63) is 64.3 Å². The normalized spacial score (nSPS) is 21.2. The number of carbonyl (C=O) groups is 1. The van der Waals surface area contributed by atoms with Gasteiger partial charge in [0.2, 0.25) is 0 Å². The quantitative estimate of drug-likeness (QED) is 0.313. The Labute approximate surface area is 184 Å². The van der Waals surface area contributed by atoms with Crippen LogP contribution < -0.4 is 11.6 Å². The number of benzene rings is 1. The molecular formula is C21H25FN6O2S. The van der Waals surface area contributed by atoms with Gasteiger partial charge in [0.15, 0.2) is 0 Å². The average Bonchev–Trinajstić information content (AvgIpc) is 3.13. The molecular weight excluding hydrogens is 419 g/mol. The Morgan fingerprint density at radius 1 is 1.39 bits per heavy atom. The van der Waals surface area contributed by atoms with Gasteiger partial charge in [-0.25, -0.2) is 19.2 Å². The van der Waals surface area contributed by atoms with Crippen molar-refractivity contribution in [2.24, 2.45) is 17.0 Å². The maximum Gasteiger partial charge on any atom is 0.317 e. The van der Waals surface area contributed by atoms with Crippen molar-refractivity contribution >= 4 is 24.0 Å². The minimum Gasteiger partial charge on any atom is -0.468 e. The molecule has 1 aliphatic carbocycles. The molecule has 2 heterocycles. The number of nitrogens with zero attached hydrogens (tertiary/aromatic N) is 4. The van der Waals surface area contributed by atoms with Crippen molar-refractivity contribution in [2.45, 2.75) is 12.8 Å². The number of hydrogen-bond donors (Lipinski definition) is 2. The van der Waals surface area contributed by atoms with Gasteiger partial charge < -0.3 is 15.5 Å². The molecule has 1 unspecified atom stereocenters. The van der Waals surface area contributed by atoms with Crippen LogP contribution in [0.1, 0.15) is 17.7 Å². The molecule has 1 aromatic carbocycles. The summed E-state index contributed by atoms with van der Waals surface area (Å²) in [6.07, 6.45) is 6.58. The molecule has 2 aliphatic rings. The standard InChI is InChI=1S/C21H25FN6O2S/c1-26(24)12-19(23)31-27-8-7-15-9-18-14(10-21(15,13-27)20(29)30-2)11-25-28(18)17-5-3-16(22)4-6-17/h3-6,9,11-12H,7-8,10,13,23-24H2,1-2H3/b19-12+. The smallest absolute Gasteiger partial charge is 0.317 e. The highest BCUT2D eigenvalue weighted by Gasteiger charge is 2.49. The van der Waals surface area contributed by atoms with Gasteiger partial charge in [0, 0.05) is 26.3 Å². The topological polar surface area (TPSA) is 103 Å². The third kappa shape index (κ3) is 4.06. The van der Waals surface area contributed by atoms with E-state index in [9.17, 15) is 9.18 Å². The fourth-order valence-electron chi connectivity index (χ4n) is 4.22. The molecule has 31 heavy (non-hydrogen) atoms. The van der Waals surface area contributed by atoms with E-state index in [0.717, 1.165) is 29.1 Å². The lowest BCUT2D eigenvalue weighted by Crippen LogP contribution is -2.50. The first kappa shape index (κ1) is 21.4. The summed E-state index contributed by atoms with van der Waals surface area (Å²) in [6.45, 7) is 1.18. The molecule has 2 aromatic rings. The first-order valence-electron chi connectivity index (χ1n) is 9.82. The van der Waals surface area contributed by atoms with Crippen molar-refractivity contribution < 1.29 is 13.9 Å². The molecule has 1 saturated heterocycles. The Balaban J connectivity index is 1.68. The number of methoxy groups -OCH3 is 1. The zero-order chi connectivity index (χ0) is 22.2. The zero-order valence-corrected chi connectivity index (χ0v) is 18.2. The number of nitrogens with two attached hydrogens (primary N) is 2. The third-order valence-electron chi connectivity index (χ3n) is 5.59. The molecule has 1 fully saturated rings. The number of carbonyl (C=O) groups excluding carboxylic acids is 1. The number of hydrogen-bond acceptors (Lipinski definition) is 8. The molecule has 0 spiro atoms. The number of ether oxygens (including phenoxy) is 1. The van der Waals surface area contributed by atoms with Crippen LogP contribution in [0, 0.1) is 11.2 Å². The van der Waals surface area contributed by atoms with Crippen LogP contribution in [0.3, 0.4) is 0 Å². The van der Waals surface area contributed by atoms with Crippen molar-refractivity contribution in [1.82, 2.24) is 19.1 Å². The molecule has 164 valence electrons. The maximum atomic E-state index is 13.3. The van der Waals surface area contributed by atoms with Gasteiger partial charge in [-0.15, -0.1) is 0 Å². The van der Waals surface area contributed by atoms with Gasteiger partial charge in [-0.05, 0) is 66.3 Å². The highest BCUT2D eigenvalue weighted by Crippen LogP contribution is 2.46. The summed E-state index contributed by atoms with van der Waals surface area (Å²) in [4.78, 5) is 13.0. The minimum atomic E-state index is -0.807. The highest BCUT2D eigenvalue weighted by atomic mass is 32.2. The molecule has 1 atom stereocenters. The number of halogens is 1. The summed E-state index contributed by atoms with van der Waals surface area (Å²) in [5.74, 6) is 5.07. The summed E-state index contributed by atoms with van der Waals surface area (Å²) in [5.41, 5.74) is 8.88. The van der Waals surface area contributed by atoms with Crippen molar-refractivity contribution in [3.8, 4) is 5.69 Å². The van der Waals surface area contributed by atoms with E-state index in [1.807, 2.05) is 6.08 Å². The van der Waals surface area contributed by atoms with Gasteiger partial charge in [-0.3, -0.25) is 4.79 Å². The maximum absolute atomic E-state index is 13.3. The van der Waals surface area contributed by atoms with Gasteiger partial charge in [-0.2, -0.15) is 5.10 Å². The Hall–Kier alpha value is -2.82. The number of rotatable bonds is 5. The number of aromatic nitrogens is 2. The Morgan fingerprint density at radius 2 is 2.13 bits per heavy atom. The first-order valence-corrected chi connectivity index (χ1v) is 10.6. The van der Waals surface area contributed by atoms with Crippen LogP contribution in [0.5, 0.6) is 0 Å². The van der Waals surface area contributed by atoms with Gasteiger partial charge in [-0.1, -0.05) is 0 Å². The van der Waals surface area contributed by atoms with Gasteiger partial charge in [0.25, 0.3) is 0 Å². The average molecular weight is 445 g/mol. The second kappa shape index (κ2) is 8.37. The van der Waals surface area contributed by atoms with Crippen LogP contribution in [-0.4, -0.2) is 52.3 Å². The van der Waals surface area contributed by atoms with E-state index in [1.165, 1.54) is 36.2 Å². The molecule has 0 bridgehead atoms. The molecule has 4 rings (SSSR count). The monoisotopic (exact) mass is 444 g/mol. The summed E-state index contributed by atoms with van der Waals surface area (Å²) < 4.78 is 22.4. The first-order chi connectivity index (χ1) is 14.8. The van der Waals surface area contributed by atoms with Crippen LogP contribution in [0.15, 0.2) is 47.3 Å². The van der Waals surface area contributed by atoms with E-state index in [1.54, 1.807) is 36.3 Å². The highest BCUT2D eigenvalue weighted by molar-refractivity contribution is 8.00. The van der Waals surface area contributed by atoms with Crippen LogP contribution in [0.4, 0.5) is 4.39 Å². The predicted molar refractivity (Wildman–Crippen MR) is 118 cm³/mol. The lowest BCUT2D eigenvalue weighted by molar-refractivity contribution is -0.151. The van der Waals surface area contributed by atoms with E-state index in [2.05, 4.69) is 9.40 Å². The molecule has 0 radical (unpaired) electrons. The van der Waals surface area contributed by atoms with Crippen molar-refractivity contribution in [1.29, 1.82) is 0 Å². The lowest BCUT2D eigenvalue weighted by Gasteiger charge is -2.43. The fraction of sp³-hybridized carbons (Fsp3) is 0.333. The van der Waals surface area contributed by atoms with Gasteiger partial charge >= 0.3 is 5.97 Å². The Kier molecular flexibility index (Phi) is 5.78. The molecule has 1 aliphatic heterocycles. The largest absolute Gasteiger partial charge is 0.468 e. The van der Waals surface area contributed by atoms with Crippen LogP contribution >= 0.6 is 11.9 Å². The summed E-state index contributed by atoms with van der Waals surface area (Å²) in [7, 11) is 3.11. The third-order valence-corrected chi connectivity index (χ3v) is 6.48. The molecule has 10 heteroatoms. The lowest BCUT2D eigenvalue weighted by atomic mass is 9.69. The minimum absolute atomic E-state index is 0.275. The van der Waals surface area contributed by atoms with E-state index >= 15 is 0 Å². The van der Waals surface area contributed by atoms with Crippen LogP contribution in [-0.2, 0) is 16.0 Å². The van der Waals surface area contributed by atoms with Gasteiger partial charge in [0.05, 0.1) is 29.7 Å². The molecule has 0 saturated carbocycles. The second-order valence-corrected chi connectivity index (χ2v) is 8.94. The second-order valence-electron chi connectivity index (χ2n) is 7.77. The number of fused-ring (bicyclic) bond motifs is 2. The van der Waals surface area contributed by atoms with Crippen LogP contribution in [0.2, 0.25) is 0 Å². The summed E-state index contributed by atoms with van der Waals surface area (Å²) in [5, 5.41) is 6.44. The van der Waals surface area contributed by atoms with E-state index in [-0.39, 0.29) is 11.8 Å². The number of piperidine rings is 1. The Bertz CT molecular complexity index is 1050. The number of hydrazine groups is 1. The van der Waals surface area contributed by atoms with Crippen molar-refractivity contribution in [3.63, 3.8) is 0 Å². The number of esters is 1. The molecule has 1 aromatic heterocycles. The molecule has 4 N–H and O–H groups in total. The predicted octanol–water partition coefficient (Wildman–Crippen LogP) is 2.03. The molecule has 0 amide bonds. The van der Waals surface area contributed by atoms with Crippen LogP contribution in [0.25, 0.3) is 11.8 Å². The van der Waals surface area contributed by atoms with E-state index in [0.29, 0.717) is 24.4 Å². The summed E-state index contributed by atoms with van der Waals surface area (Å²) >= 11 is 1.37. The SMILES string of the molecule is COC(=O)C12Cc3cnn(-c4ccc(F)cc4)c3C=C1CCN(S/C(N)=C/N(C)N)C2. The summed E-state index contributed by atoms with van der Waals surface area (Å²) in [6, 6.07) is 6.19.